The van der Waals surface area contributed by atoms with Gasteiger partial charge < -0.3 is 10.2 Å². The van der Waals surface area contributed by atoms with Gasteiger partial charge in [0.15, 0.2) is 0 Å². The molecule has 0 aromatic heterocycles. The summed E-state index contributed by atoms with van der Waals surface area (Å²) in [6, 6.07) is 5.34. The highest BCUT2D eigenvalue weighted by molar-refractivity contribution is 5.48. The van der Waals surface area contributed by atoms with Crippen molar-refractivity contribution >= 4 is 0 Å². The van der Waals surface area contributed by atoms with Gasteiger partial charge in [-0.25, -0.2) is 0 Å². The number of hydrogen-bond donors (Lipinski definition) is 1. The van der Waals surface area contributed by atoms with Crippen molar-refractivity contribution in [1.29, 1.82) is 0 Å². The summed E-state index contributed by atoms with van der Waals surface area (Å²) in [5.41, 5.74) is 7.92. The fourth-order valence-electron chi connectivity index (χ4n) is 5.50. The van der Waals surface area contributed by atoms with Gasteiger partial charge in [-0.05, 0) is 99.8 Å². The van der Waals surface area contributed by atoms with Crippen LogP contribution in [0.1, 0.15) is 75.1 Å². The Hall–Kier alpha value is -1.70. The zero-order valence-corrected chi connectivity index (χ0v) is 17.9. The van der Waals surface area contributed by atoms with Crippen LogP contribution in [0.15, 0.2) is 36.8 Å². The topological polar surface area (TPSA) is 15.3 Å². The molecular formula is C25H36N2. The van der Waals surface area contributed by atoms with Crippen molar-refractivity contribution in [2.75, 3.05) is 0 Å². The Kier molecular flexibility index (Phi) is 4.25. The molecular weight excluding hydrogens is 328 g/mol. The fraction of sp³-hybridized carbons (Fsp3) is 0.600. The third kappa shape index (κ3) is 2.92. The summed E-state index contributed by atoms with van der Waals surface area (Å²) in [5, 5.41) is 3.50. The number of benzene rings is 1. The van der Waals surface area contributed by atoms with Crippen molar-refractivity contribution < 1.29 is 0 Å². The Morgan fingerprint density at radius 3 is 2.33 bits per heavy atom. The number of rotatable bonds is 5. The Bertz CT molecular complexity index is 791. The van der Waals surface area contributed by atoms with Crippen molar-refractivity contribution in [3.63, 3.8) is 0 Å². The molecule has 1 aromatic rings. The molecule has 0 bridgehead atoms. The van der Waals surface area contributed by atoms with Gasteiger partial charge >= 0.3 is 0 Å². The van der Waals surface area contributed by atoms with E-state index >= 15 is 0 Å². The van der Waals surface area contributed by atoms with E-state index in [0.717, 1.165) is 11.7 Å². The molecule has 2 aliphatic carbocycles. The lowest BCUT2D eigenvalue weighted by Crippen LogP contribution is -2.43. The van der Waals surface area contributed by atoms with E-state index in [-0.39, 0.29) is 5.54 Å². The molecule has 0 atom stereocenters. The molecule has 3 aliphatic rings. The van der Waals surface area contributed by atoms with Crippen LogP contribution in [0.3, 0.4) is 0 Å². The fourth-order valence-corrected chi connectivity index (χ4v) is 5.50. The van der Waals surface area contributed by atoms with E-state index in [4.69, 9.17) is 0 Å². The summed E-state index contributed by atoms with van der Waals surface area (Å²) in [4.78, 5) is 2.37. The van der Waals surface area contributed by atoms with Gasteiger partial charge in [-0.1, -0.05) is 32.2 Å². The van der Waals surface area contributed by atoms with Crippen LogP contribution < -0.4 is 5.32 Å². The van der Waals surface area contributed by atoms with Gasteiger partial charge in [-0.15, -0.1) is 0 Å². The van der Waals surface area contributed by atoms with E-state index in [1.165, 1.54) is 49.8 Å². The molecule has 0 amide bonds. The van der Waals surface area contributed by atoms with Crippen LogP contribution in [0.2, 0.25) is 0 Å². The molecule has 0 unspecified atom stereocenters. The highest BCUT2D eigenvalue weighted by Gasteiger charge is 2.46. The Morgan fingerprint density at radius 1 is 1.15 bits per heavy atom. The summed E-state index contributed by atoms with van der Waals surface area (Å²) < 4.78 is 0. The molecule has 1 saturated heterocycles. The first-order chi connectivity index (χ1) is 12.7. The number of hydrogen-bond acceptors (Lipinski definition) is 2. The van der Waals surface area contributed by atoms with Gasteiger partial charge in [-0.3, -0.25) is 0 Å². The lowest BCUT2D eigenvalue weighted by Gasteiger charge is -2.43. The van der Waals surface area contributed by atoms with Gasteiger partial charge in [-0.2, -0.15) is 0 Å². The van der Waals surface area contributed by atoms with Crippen LogP contribution in [0.4, 0.5) is 0 Å². The third-order valence-corrected chi connectivity index (χ3v) is 7.73. The zero-order valence-electron chi connectivity index (χ0n) is 17.9. The van der Waals surface area contributed by atoms with Crippen LogP contribution in [0.25, 0.3) is 0 Å². The molecule has 1 N–H and O–H groups in total. The lowest BCUT2D eigenvalue weighted by molar-refractivity contribution is 0.139. The predicted octanol–water partition coefficient (Wildman–Crippen LogP) is 5.73. The number of nitrogens with zero attached hydrogens (tertiary/aromatic N) is 1. The van der Waals surface area contributed by atoms with Crippen molar-refractivity contribution in [3.05, 3.63) is 59.1 Å². The smallest absolute Gasteiger partial charge is 0.0991 e. The maximum atomic E-state index is 4.34. The van der Waals surface area contributed by atoms with Crippen LogP contribution in [0.5, 0.6) is 0 Å². The maximum absolute atomic E-state index is 4.34. The lowest BCUT2D eigenvalue weighted by atomic mass is 9.73. The number of nitrogens with one attached hydrogen (secondary N) is 1. The molecule has 0 spiro atoms. The van der Waals surface area contributed by atoms with E-state index in [0.29, 0.717) is 11.5 Å². The quantitative estimate of drug-likeness (QED) is 0.717. The van der Waals surface area contributed by atoms with E-state index in [9.17, 15) is 0 Å². The molecule has 3 fully saturated rings. The van der Waals surface area contributed by atoms with Crippen molar-refractivity contribution in [3.8, 4) is 0 Å². The standard InChI is InChI=1S/C25H36N2/c1-8-25(11-12-25)23-17(3)16(2)9-10-21(23)13-20-14-22(15-20)27-18(4)24(6,7)26-19(27)5/h9-10,20,22,26H,4-5,8,11-15H2,1-3,6-7H3. The summed E-state index contributed by atoms with van der Waals surface area (Å²) >= 11 is 0. The minimum atomic E-state index is -0.0666. The second-order valence-electron chi connectivity index (χ2n) is 9.88. The third-order valence-electron chi connectivity index (χ3n) is 7.73. The van der Waals surface area contributed by atoms with E-state index in [1.807, 2.05) is 0 Å². The molecule has 4 rings (SSSR count). The van der Waals surface area contributed by atoms with E-state index < -0.39 is 0 Å². The van der Waals surface area contributed by atoms with Crippen molar-refractivity contribution in [1.82, 2.24) is 10.2 Å². The van der Waals surface area contributed by atoms with Crippen molar-refractivity contribution in [2.45, 2.75) is 90.1 Å². The minimum absolute atomic E-state index is 0.0666. The first-order valence-electron chi connectivity index (χ1n) is 10.7. The second kappa shape index (κ2) is 6.15. The van der Waals surface area contributed by atoms with Crippen molar-refractivity contribution in [2.24, 2.45) is 5.92 Å². The molecule has 1 heterocycles. The van der Waals surface area contributed by atoms with Gasteiger partial charge in [0.1, 0.15) is 0 Å². The number of aryl methyl sites for hydroxylation is 1. The van der Waals surface area contributed by atoms with Gasteiger partial charge in [0.2, 0.25) is 0 Å². The molecule has 2 heteroatoms. The largest absolute Gasteiger partial charge is 0.362 e. The second-order valence-corrected chi connectivity index (χ2v) is 9.88. The van der Waals surface area contributed by atoms with Crippen LogP contribution in [0, 0.1) is 19.8 Å². The summed E-state index contributed by atoms with van der Waals surface area (Å²) in [6.07, 6.45) is 7.77. The summed E-state index contributed by atoms with van der Waals surface area (Å²) in [6.45, 7) is 19.9. The normalized spacial score (nSPS) is 28.1. The molecule has 1 aromatic carbocycles. The maximum Gasteiger partial charge on any atom is 0.0991 e. The van der Waals surface area contributed by atoms with E-state index in [2.05, 4.69) is 70.1 Å². The first kappa shape index (κ1) is 18.7. The summed E-state index contributed by atoms with van der Waals surface area (Å²) in [7, 11) is 0. The molecule has 146 valence electrons. The van der Waals surface area contributed by atoms with E-state index in [1.54, 1.807) is 16.7 Å². The molecule has 0 radical (unpaired) electrons. The summed E-state index contributed by atoms with van der Waals surface area (Å²) in [5.74, 6) is 1.82. The molecule has 2 saturated carbocycles. The average molecular weight is 365 g/mol. The monoisotopic (exact) mass is 364 g/mol. The van der Waals surface area contributed by atoms with Gasteiger partial charge in [0, 0.05) is 11.7 Å². The predicted molar refractivity (Wildman–Crippen MR) is 115 cm³/mol. The van der Waals surface area contributed by atoms with Gasteiger partial charge in [0.05, 0.1) is 11.4 Å². The zero-order chi connectivity index (χ0) is 19.6. The van der Waals surface area contributed by atoms with Crippen LogP contribution >= 0.6 is 0 Å². The minimum Gasteiger partial charge on any atom is -0.362 e. The highest BCUT2D eigenvalue weighted by atomic mass is 15.4. The Labute approximate surface area is 165 Å². The SMILES string of the molecule is C=C1NC(C)(C)C(=C)N1C1CC(Cc2ccc(C)c(C)c2C2(CC)CC2)C1. The molecule has 2 nitrogen and oxygen atoms in total. The highest BCUT2D eigenvalue weighted by Crippen LogP contribution is 2.54. The van der Waals surface area contributed by atoms with Gasteiger partial charge in [0.25, 0.3) is 0 Å². The van der Waals surface area contributed by atoms with Crippen LogP contribution in [-0.4, -0.2) is 16.5 Å². The first-order valence-corrected chi connectivity index (χ1v) is 10.7. The Balaban J connectivity index is 1.48. The molecule has 27 heavy (non-hydrogen) atoms. The van der Waals surface area contributed by atoms with Crippen LogP contribution in [-0.2, 0) is 11.8 Å². The average Bonchev–Trinajstić information content (AvgIpc) is 3.32. The molecule has 1 aliphatic heterocycles. The Morgan fingerprint density at radius 2 is 1.81 bits per heavy atom.